The number of carboxylic acids is 1. The number of pyridine rings is 1. The summed E-state index contributed by atoms with van der Waals surface area (Å²) in [7, 11) is 0. The van der Waals surface area contributed by atoms with Gasteiger partial charge in [-0.2, -0.15) is 0 Å². The van der Waals surface area contributed by atoms with Gasteiger partial charge in [-0.25, -0.2) is 4.79 Å². The maximum absolute atomic E-state index is 12.5. The summed E-state index contributed by atoms with van der Waals surface area (Å²) < 4.78 is 5.99. The van der Waals surface area contributed by atoms with E-state index in [1.54, 1.807) is 25.1 Å². The van der Waals surface area contributed by atoms with Gasteiger partial charge in [0.2, 0.25) is 5.91 Å². The molecule has 0 radical (unpaired) electrons. The number of hydrogen-bond donors (Lipinski definition) is 3. The summed E-state index contributed by atoms with van der Waals surface area (Å²) in [6, 6.07) is 5.28. The molecule has 0 unspecified atom stereocenters. The molecule has 8 heteroatoms. The molecule has 0 bridgehead atoms. The number of aromatic nitrogens is 1. The van der Waals surface area contributed by atoms with Gasteiger partial charge in [0, 0.05) is 0 Å². The van der Waals surface area contributed by atoms with Crippen molar-refractivity contribution >= 4 is 28.5 Å². The van der Waals surface area contributed by atoms with E-state index in [1.807, 2.05) is 13.8 Å². The lowest BCUT2D eigenvalue weighted by Crippen LogP contribution is -2.51. The van der Waals surface area contributed by atoms with Crippen molar-refractivity contribution in [1.82, 2.24) is 15.2 Å². The van der Waals surface area contributed by atoms with E-state index in [0.29, 0.717) is 28.9 Å². The number of aromatic carboxylic acids is 1. The normalized spacial score (nSPS) is 15.2. The molecule has 1 amide bonds. The molecule has 1 aliphatic rings. The van der Waals surface area contributed by atoms with E-state index in [1.165, 1.54) is 6.42 Å². The fourth-order valence-corrected chi connectivity index (χ4v) is 3.86. The molecule has 0 saturated carbocycles. The molecule has 4 N–H and O–H groups in total. The predicted octanol–water partition coefficient (Wildman–Crippen LogP) is 2.58. The van der Waals surface area contributed by atoms with Crippen LogP contribution in [0.1, 0.15) is 49.2 Å². The molecule has 1 aliphatic heterocycles. The Kier molecular flexibility index (Phi) is 6.45. The van der Waals surface area contributed by atoms with Gasteiger partial charge in [0.1, 0.15) is 17.9 Å². The smallest absolute Gasteiger partial charge is 0.339 e. The largest absolute Gasteiger partial charge is 0.490 e. The minimum absolute atomic E-state index is 0.0207. The van der Waals surface area contributed by atoms with Crippen LogP contribution in [0.4, 0.5) is 5.69 Å². The van der Waals surface area contributed by atoms with E-state index in [9.17, 15) is 14.7 Å². The van der Waals surface area contributed by atoms with Gasteiger partial charge in [0.25, 0.3) is 0 Å². The van der Waals surface area contributed by atoms with Crippen LogP contribution in [0.15, 0.2) is 18.2 Å². The van der Waals surface area contributed by atoms with Crippen molar-refractivity contribution in [2.24, 2.45) is 0 Å². The van der Waals surface area contributed by atoms with Gasteiger partial charge in [-0.3, -0.25) is 14.7 Å². The molecule has 162 valence electrons. The zero-order valence-corrected chi connectivity index (χ0v) is 17.8. The van der Waals surface area contributed by atoms with E-state index in [-0.39, 0.29) is 23.8 Å². The predicted molar refractivity (Wildman–Crippen MR) is 116 cm³/mol. The third-order valence-corrected chi connectivity index (χ3v) is 5.29. The molecule has 30 heavy (non-hydrogen) atoms. The first-order valence-electron chi connectivity index (χ1n) is 10.3. The number of nitrogens with zero attached hydrogens (tertiary/aromatic N) is 2. The average Bonchev–Trinajstić information content (AvgIpc) is 2.66. The fraction of sp³-hybridized carbons (Fsp3) is 0.500. The minimum Gasteiger partial charge on any atom is -0.490 e. The lowest BCUT2D eigenvalue weighted by atomic mass is 10.0. The summed E-state index contributed by atoms with van der Waals surface area (Å²) in [5.41, 5.74) is 6.59. The Morgan fingerprint density at radius 3 is 2.63 bits per heavy atom. The second-order valence-corrected chi connectivity index (χ2v) is 8.50. The number of carbonyl (C=O) groups excluding carboxylic acids is 1. The number of ether oxygens (including phenoxy) is 1. The molecule has 1 aromatic heterocycles. The van der Waals surface area contributed by atoms with Gasteiger partial charge in [-0.1, -0.05) is 12.5 Å². The third kappa shape index (κ3) is 4.99. The molecule has 8 nitrogen and oxygen atoms in total. The molecule has 1 aromatic carbocycles. The molecule has 2 aromatic rings. The summed E-state index contributed by atoms with van der Waals surface area (Å²) >= 11 is 0. The van der Waals surface area contributed by atoms with Crippen LogP contribution >= 0.6 is 0 Å². The Hall–Kier alpha value is -2.87. The van der Waals surface area contributed by atoms with Crippen LogP contribution in [-0.2, 0) is 4.79 Å². The number of aryl methyl sites for hydroxylation is 1. The Labute approximate surface area is 176 Å². The monoisotopic (exact) mass is 414 g/mol. The quantitative estimate of drug-likeness (QED) is 0.637. The van der Waals surface area contributed by atoms with Gasteiger partial charge in [0.05, 0.1) is 34.4 Å². The number of rotatable bonds is 7. The van der Waals surface area contributed by atoms with Crippen LogP contribution < -0.4 is 15.8 Å². The summed E-state index contributed by atoms with van der Waals surface area (Å²) in [6.07, 6.45) is 3.49. The van der Waals surface area contributed by atoms with Crippen molar-refractivity contribution < 1.29 is 19.4 Å². The number of benzene rings is 1. The Morgan fingerprint density at radius 1 is 1.27 bits per heavy atom. The van der Waals surface area contributed by atoms with E-state index < -0.39 is 11.5 Å². The number of carboxylic acid groups (broad SMARTS) is 1. The minimum atomic E-state index is -1.13. The van der Waals surface area contributed by atoms with Crippen molar-refractivity contribution in [3.05, 3.63) is 29.5 Å². The number of nitrogen functional groups attached to an aromatic ring is 1. The number of anilines is 1. The fourth-order valence-electron chi connectivity index (χ4n) is 3.86. The van der Waals surface area contributed by atoms with Crippen molar-refractivity contribution in [2.75, 3.05) is 32.0 Å². The first-order chi connectivity index (χ1) is 14.2. The zero-order valence-electron chi connectivity index (χ0n) is 17.8. The van der Waals surface area contributed by atoms with E-state index in [2.05, 4.69) is 15.2 Å². The van der Waals surface area contributed by atoms with E-state index in [0.717, 1.165) is 25.9 Å². The molecule has 1 saturated heterocycles. The summed E-state index contributed by atoms with van der Waals surface area (Å²) in [5.74, 6) is -0.716. The zero-order chi connectivity index (χ0) is 21.9. The number of likely N-dealkylation sites (tertiary alicyclic amines) is 1. The van der Waals surface area contributed by atoms with Crippen molar-refractivity contribution in [1.29, 1.82) is 0 Å². The lowest BCUT2D eigenvalue weighted by Gasteiger charge is -2.30. The maximum Gasteiger partial charge on any atom is 0.339 e. The Bertz CT molecular complexity index is 952. The highest BCUT2D eigenvalue weighted by molar-refractivity contribution is 6.06. The second kappa shape index (κ2) is 8.87. The molecule has 1 fully saturated rings. The first-order valence-corrected chi connectivity index (χ1v) is 10.3. The molecular weight excluding hydrogens is 384 g/mol. The summed E-state index contributed by atoms with van der Waals surface area (Å²) in [4.78, 5) is 30.6. The summed E-state index contributed by atoms with van der Waals surface area (Å²) in [5, 5.41) is 13.0. The summed E-state index contributed by atoms with van der Waals surface area (Å²) in [6.45, 7) is 7.90. The van der Waals surface area contributed by atoms with Crippen LogP contribution in [0.5, 0.6) is 5.75 Å². The van der Waals surface area contributed by atoms with Crippen molar-refractivity contribution in [2.45, 2.75) is 45.6 Å². The number of fused-ring (bicyclic) bond motifs is 1. The SMILES string of the molecule is Cc1nc2cccc(OCC(C)(C)NC(=O)CN3CCCCC3)c2c(N)c1C(=O)O. The number of carbonyl (C=O) groups is 2. The molecule has 3 rings (SSSR count). The first kappa shape index (κ1) is 21.8. The van der Waals surface area contributed by atoms with Crippen LogP contribution in [0.25, 0.3) is 10.9 Å². The van der Waals surface area contributed by atoms with Gasteiger partial charge < -0.3 is 20.9 Å². The van der Waals surface area contributed by atoms with Gasteiger partial charge >= 0.3 is 5.97 Å². The highest BCUT2D eigenvalue weighted by atomic mass is 16.5. The van der Waals surface area contributed by atoms with Gasteiger partial charge in [-0.15, -0.1) is 0 Å². The van der Waals surface area contributed by atoms with Crippen LogP contribution in [0.2, 0.25) is 0 Å². The Morgan fingerprint density at radius 2 is 1.97 bits per heavy atom. The number of amides is 1. The van der Waals surface area contributed by atoms with Gasteiger partial charge in [-0.05, 0) is 58.8 Å². The van der Waals surface area contributed by atoms with Gasteiger partial charge in [0.15, 0.2) is 0 Å². The van der Waals surface area contributed by atoms with Crippen molar-refractivity contribution in [3.63, 3.8) is 0 Å². The third-order valence-electron chi connectivity index (χ3n) is 5.29. The van der Waals surface area contributed by atoms with Crippen LogP contribution in [-0.4, -0.2) is 58.6 Å². The average molecular weight is 415 g/mol. The van der Waals surface area contributed by atoms with Crippen LogP contribution in [0, 0.1) is 6.92 Å². The maximum atomic E-state index is 12.5. The highest BCUT2D eigenvalue weighted by Crippen LogP contribution is 2.33. The molecular formula is C22H30N4O4. The number of hydrogen-bond acceptors (Lipinski definition) is 6. The molecule has 0 aliphatic carbocycles. The van der Waals surface area contributed by atoms with Crippen LogP contribution in [0.3, 0.4) is 0 Å². The standard InChI is InChI=1S/C22H30N4O4/c1-14-18(21(28)29)20(23)19-15(24-14)8-7-9-16(19)30-13-22(2,3)25-17(27)12-26-10-5-4-6-11-26/h7-9H,4-6,10-13H2,1-3H3,(H2,23,24)(H,25,27)(H,28,29). The van der Waals surface area contributed by atoms with E-state index >= 15 is 0 Å². The molecule has 0 spiro atoms. The van der Waals surface area contributed by atoms with Crippen molar-refractivity contribution in [3.8, 4) is 5.75 Å². The number of nitrogens with one attached hydrogen (secondary N) is 1. The lowest BCUT2D eigenvalue weighted by molar-refractivity contribution is -0.124. The number of nitrogens with two attached hydrogens (primary N) is 1. The highest BCUT2D eigenvalue weighted by Gasteiger charge is 2.25. The topological polar surface area (TPSA) is 118 Å². The molecule has 2 heterocycles. The van der Waals surface area contributed by atoms with E-state index in [4.69, 9.17) is 10.5 Å². The second-order valence-electron chi connectivity index (χ2n) is 8.50. The number of piperidine rings is 1. The Balaban J connectivity index is 1.73. The molecule has 0 atom stereocenters.